The van der Waals surface area contributed by atoms with E-state index in [2.05, 4.69) is 25.5 Å². The normalized spacial score (nSPS) is 12.6. The van der Waals surface area contributed by atoms with Crippen molar-refractivity contribution in [3.63, 3.8) is 0 Å². The fourth-order valence-corrected chi connectivity index (χ4v) is 4.86. The number of hydrazine groups is 1. The fourth-order valence-electron chi connectivity index (χ4n) is 3.81. The molecule has 1 aromatic heterocycles. The van der Waals surface area contributed by atoms with Crippen molar-refractivity contribution in [2.24, 2.45) is 0 Å². The summed E-state index contributed by atoms with van der Waals surface area (Å²) in [5, 5.41) is 1.45. The van der Waals surface area contributed by atoms with Crippen molar-refractivity contribution in [2.75, 3.05) is 11.8 Å². The van der Waals surface area contributed by atoms with Crippen molar-refractivity contribution in [3.8, 4) is 16.9 Å². The maximum atomic E-state index is 13.7. The predicted molar refractivity (Wildman–Crippen MR) is 130 cm³/mol. The summed E-state index contributed by atoms with van der Waals surface area (Å²) in [4.78, 5) is 7.78. The van der Waals surface area contributed by atoms with Crippen LogP contribution in [-0.2, 0) is 10.0 Å². The number of nitrogens with one attached hydrogen (secondary N) is 3. The number of hydrogen-bond donors (Lipinski definition) is 3. The van der Waals surface area contributed by atoms with Crippen LogP contribution in [-0.4, -0.2) is 25.5 Å². The lowest BCUT2D eigenvalue weighted by molar-refractivity contribution is 0.413. The van der Waals surface area contributed by atoms with Crippen LogP contribution in [0, 0.1) is 5.82 Å². The molecule has 4 aromatic rings. The van der Waals surface area contributed by atoms with Gasteiger partial charge in [0.2, 0.25) is 0 Å². The van der Waals surface area contributed by atoms with Gasteiger partial charge in [0.05, 0.1) is 17.7 Å². The highest BCUT2D eigenvalue weighted by atomic mass is 32.2. The summed E-state index contributed by atoms with van der Waals surface area (Å²) in [7, 11) is -2.29. The number of hydrogen-bond acceptors (Lipinski definition) is 7. The van der Waals surface area contributed by atoms with E-state index in [0.29, 0.717) is 16.7 Å². The second-order valence-electron chi connectivity index (χ2n) is 7.66. The van der Waals surface area contributed by atoms with Crippen molar-refractivity contribution < 1.29 is 17.5 Å². The number of halogens is 1. The Balaban J connectivity index is 1.57. The van der Waals surface area contributed by atoms with Gasteiger partial charge >= 0.3 is 0 Å². The van der Waals surface area contributed by atoms with Gasteiger partial charge in [-0.2, -0.15) is 0 Å². The lowest BCUT2D eigenvalue weighted by Gasteiger charge is -2.19. The second-order valence-corrected chi connectivity index (χ2v) is 9.35. The molecule has 176 valence electrons. The SMILES string of the molecule is COc1cc(-c2cccc(F)c2)ccc1C1=c2ccc(S(=O)(=O)Nc3ccncn3)cc2=CNN1. The summed E-state index contributed by atoms with van der Waals surface area (Å²) >= 11 is 0. The van der Waals surface area contributed by atoms with E-state index in [1.54, 1.807) is 31.5 Å². The van der Waals surface area contributed by atoms with Crippen LogP contribution >= 0.6 is 0 Å². The van der Waals surface area contributed by atoms with Crippen LogP contribution in [0.25, 0.3) is 23.0 Å². The highest BCUT2D eigenvalue weighted by molar-refractivity contribution is 7.92. The Hall–Kier alpha value is -4.44. The van der Waals surface area contributed by atoms with Crippen LogP contribution in [0.4, 0.5) is 10.2 Å². The Morgan fingerprint density at radius 1 is 1.00 bits per heavy atom. The first kappa shape index (κ1) is 22.4. The average molecular weight is 490 g/mol. The predicted octanol–water partition coefficient (Wildman–Crippen LogP) is 2.09. The van der Waals surface area contributed by atoms with Crippen LogP contribution < -0.4 is 30.7 Å². The Morgan fingerprint density at radius 2 is 1.86 bits per heavy atom. The summed E-state index contributed by atoms with van der Waals surface area (Å²) < 4.78 is 47.5. The van der Waals surface area contributed by atoms with Gasteiger partial charge < -0.3 is 15.6 Å². The first-order valence-corrected chi connectivity index (χ1v) is 12.0. The van der Waals surface area contributed by atoms with Crippen molar-refractivity contribution >= 4 is 27.7 Å². The minimum absolute atomic E-state index is 0.0857. The minimum Gasteiger partial charge on any atom is -0.496 e. The maximum absolute atomic E-state index is 13.7. The van der Waals surface area contributed by atoms with E-state index < -0.39 is 10.0 Å². The average Bonchev–Trinajstić information content (AvgIpc) is 2.88. The van der Waals surface area contributed by atoms with Crippen LogP contribution in [0.15, 0.2) is 84.1 Å². The zero-order valence-electron chi connectivity index (χ0n) is 18.5. The van der Waals surface area contributed by atoms with Crippen LogP contribution in [0.2, 0.25) is 0 Å². The van der Waals surface area contributed by atoms with Gasteiger partial charge in [-0.1, -0.05) is 24.3 Å². The summed E-state index contributed by atoms with van der Waals surface area (Å²) in [5.41, 5.74) is 9.09. The molecule has 3 N–H and O–H groups in total. The largest absolute Gasteiger partial charge is 0.496 e. The van der Waals surface area contributed by atoms with Gasteiger partial charge in [0.25, 0.3) is 10.0 Å². The zero-order valence-corrected chi connectivity index (χ0v) is 19.3. The number of benzene rings is 3. The lowest BCUT2D eigenvalue weighted by atomic mass is 10.00. The molecule has 1 aliphatic rings. The molecule has 8 nitrogen and oxygen atoms in total. The lowest BCUT2D eigenvalue weighted by Crippen LogP contribution is -2.44. The van der Waals surface area contributed by atoms with Gasteiger partial charge in [-0.3, -0.25) is 4.72 Å². The number of anilines is 1. The number of rotatable bonds is 6. The number of aromatic nitrogens is 2. The molecule has 0 fully saturated rings. The molecule has 1 aliphatic heterocycles. The van der Waals surface area contributed by atoms with Crippen molar-refractivity contribution in [1.82, 2.24) is 20.8 Å². The zero-order chi connectivity index (χ0) is 24.4. The molecule has 0 radical (unpaired) electrons. The highest BCUT2D eigenvalue weighted by Crippen LogP contribution is 2.30. The highest BCUT2D eigenvalue weighted by Gasteiger charge is 2.18. The van der Waals surface area contributed by atoms with E-state index in [-0.39, 0.29) is 16.5 Å². The first-order valence-electron chi connectivity index (χ1n) is 10.5. The molecule has 2 heterocycles. The Bertz CT molecular complexity index is 1640. The molecule has 0 saturated heterocycles. The number of fused-ring (bicyclic) bond motifs is 1. The van der Waals surface area contributed by atoms with Crippen LogP contribution in [0.3, 0.4) is 0 Å². The Labute approximate surface area is 200 Å². The number of methoxy groups -OCH3 is 1. The minimum atomic E-state index is -3.85. The number of sulfonamides is 1. The van der Waals surface area contributed by atoms with Crippen molar-refractivity contribution in [1.29, 1.82) is 0 Å². The first-order chi connectivity index (χ1) is 16.9. The Morgan fingerprint density at radius 3 is 2.63 bits per heavy atom. The van der Waals surface area contributed by atoms with Crippen molar-refractivity contribution in [3.05, 3.63) is 101 Å². The van der Waals surface area contributed by atoms with Gasteiger partial charge in [-0.05, 0) is 53.6 Å². The van der Waals surface area contributed by atoms with Gasteiger partial charge in [0, 0.05) is 28.4 Å². The molecule has 5 rings (SSSR count). The van der Waals surface area contributed by atoms with E-state index in [0.717, 1.165) is 21.9 Å². The quantitative estimate of drug-likeness (QED) is 0.381. The molecule has 0 saturated carbocycles. The smallest absolute Gasteiger partial charge is 0.263 e. The summed E-state index contributed by atoms with van der Waals surface area (Å²) in [6.45, 7) is 0. The van der Waals surface area contributed by atoms with E-state index in [4.69, 9.17) is 4.74 Å². The summed E-state index contributed by atoms with van der Waals surface area (Å²) in [5.74, 6) is 0.436. The van der Waals surface area contributed by atoms with E-state index in [1.807, 2.05) is 24.3 Å². The summed E-state index contributed by atoms with van der Waals surface area (Å²) in [6.07, 6.45) is 4.40. The molecular weight excluding hydrogens is 469 g/mol. The van der Waals surface area contributed by atoms with Crippen LogP contribution in [0.1, 0.15) is 5.56 Å². The molecule has 35 heavy (non-hydrogen) atoms. The third-order valence-electron chi connectivity index (χ3n) is 5.48. The third-order valence-corrected chi connectivity index (χ3v) is 6.83. The van der Waals surface area contributed by atoms with Gasteiger partial charge in [0.15, 0.2) is 0 Å². The van der Waals surface area contributed by atoms with Gasteiger partial charge in [0.1, 0.15) is 23.7 Å². The Kier molecular flexibility index (Phi) is 5.79. The molecule has 0 spiro atoms. The molecular formula is C25H20FN5O3S. The van der Waals surface area contributed by atoms with E-state index in [9.17, 15) is 12.8 Å². The monoisotopic (exact) mass is 489 g/mol. The van der Waals surface area contributed by atoms with Gasteiger partial charge in [-0.15, -0.1) is 0 Å². The van der Waals surface area contributed by atoms with Crippen molar-refractivity contribution in [2.45, 2.75) is 4.90 Å². The van der Waals surface area contributed by atoms with E-state index >= 15 is 0 Å². The molecule has 0 amide bonds. The third kappa shape index (κ3) is 4.51. The fraction of sp³-hybridized carbons (Fsp3) is 0.0400. The molecule has 0 atom stereocenters. The molecule has 0 bridgehead atoms. The number of ether oxygens (including phenoxy) is 1. The molecule has 10 heteroatoms. The molecule has 0 unspecified atom stereocenters. The molecule has 0 aliphatic carbocycles. The standard InChI is InChI=1S/C25H20FN5O3S/c1-34-23-13-17(16-3-2-4-19(26)11-16)5-7-22(23)25-21-8-6-20(12-18(21)14-29-30-25)35(32,33)31-24-9-10-27-15-28-24/h2-15,29-30H,1H3,(H,27,28,31). The number of nitrogens with zero attached hydrogens (tertiary/aromatic N) is 2. The second kappa shape index (κ2) is 9.07. The maximum Gasteiger partial charge on any atom is 0.263 e. The van der Waals surface area contributed by atoms with Gasteiger partial charge in [-0.25, -0.2) is 22.8 Å². The topological polar surface area (TPSA) is 105 Å². The summed E-state index contributed by atoms with van der Waals surface area (Å²) in [6, 6.07) is 18.2. The van der Waals surface area contributed by atoms with E-state index in [1.165, 1.54) is 36.8 Å². The van der Waals surface area contributed by atoms with Crippen LogP contribution in [0.5, 0.6) is 5.75 Å². The molecule has 3 aromatic carbocycles.